The summed E-state index contributed by atoms with van der Waals surface area (Å²) in [5, 5.41) is 6.12. The number of hydrogen-bond donors (Lipinski definition) is 2. The highest BCUT2D eigenvalue weighted by atomic mass is 19.4. The molecular weight excluding hydrogens is 455 g/mol. The molecule has 2 N–H and O–H groups in total. The minimum atomic E-state index is -4.45. The maximum atomic E-state index is 13.2. The minimum absolute atomic E-state index is 0.323. The lowest BCUT2D eigenvalue weighted by molar-refractivity contribution is -0.137. The van der Waals surface area contributed by atoms with Gasteiger partial charge in [0.25, 0.3) is 0 Å². The number of halogens is 3. The quantitative estimate of drug-likeness (QED) is 0.480. The minimum Gasteiger partial charge on any atom is -0.382 e. The van der Waals surface area contributed by atoms with Crippen molar-refractivity contribution in [2.45, 2.75) is 19.0 Å². The molecule has 3 aromatic rings. The largest absolute Gasteiger partial charge is 0.416 e. The monoisotopic (exact) mass is 477 g/mol. The summed E-state index contributed by atoms with van der Waals surface area (Å²) in [5.41, 5.74) is 2.61. The van der Waals surface area contributed by atoms with E-state index in [4.69, 9.17) is 0 Å². The van der Waals surface area contributed by atoms with Crippen molar-refractivity contribution in [1.29, 1.82) is 0 Å². The highest BCUT2D eigenvalue weighted by Gasteiger charge is 2.31. The van der Waals surface area contributed by atoms with Gasteiger partial charge in [-0.05, 0) is 41.8 Å². The van der Waals surface area contributed by atoms with Gasteiger partial charge < -0.3 is 5.32 Å². The normalized spacial score (nSPS) is 15.5. The first-order valence-electron chi connectivity index (χ1n) is 11.2. The smallest absolute Gasteiger partial charge is 0.382 e. The lowest BCUT2D eigenvalue weighted by atomic mass is 10.1. The number of alkyl halides is 3. The summed E-state index contributed by atoms with van der Waals surface area (Å²) >= 11 is 0. The van der Waals surface area contributed by atoms with E-state index in [0.717, 1.165) is 23.3 Å². The number of carbonyl (C=O) groups is 1. The standard InChI is InChI=1S/C26H22F3N5O/c27-26(28,29)20-9-4-8-18(14-20)21-10-11-22-24(32-21)34(13-5-12-30-22)25(35)33-23-15-19(16-31-23)17-6-2-1-3-7-17/h1-4,6-11,14,16,30H,5,12-13,15H2,(H,31,33,35). The number of hydrogen-bond acceptors (Lipinski definition) is 4. The van der Waals surface area contributed by atoms with Crippen LogP contribution in [-0.2, 0) is 6.18 Å². The van der Waals surface area contributed by atoms with Crippen LogP contribution in [0.15, 0.2) is 77.9 Å². The van der Waals surface area contributed by atoms with E-state index >= 15 is 0 Å². The predicted octanol–water partition coefficient (Wildman–Crippen LogP) is 5.94. The van der Waals surface area contributed by atoms with Gasteiger partial charge in [0.2, 0.25) is 0 Å². The summed E-state index contributed by atoms with van der Waals surface area (Å²) in [7, 11) is 0. The summed E-state index contributed by atoms with van der Waals surface area (Å²) in [6.45, 7) is 1.04. The Labute approximate surface area is 200 Å². The number of fused-ring (bicyclic) bond motifs is 1. The number of nitrogens with one attached hydrogen (secondary N) is 2. The second-order valence-electron chi connectivity index (χ2n) is 8.28. The molecule has 6 nitrogen and oxygen atoms in total. The third kappa shape index (κ3) is 4.89. The van der Waals surface area contributed by atoms with Crippen LogP contribution in [0.4, 0.5) is 29.5 Å². The first-order chi connectivity index (χ1) is 16.9. The zero-order valence-corrected chi connectivity index (χ0v) is 18.6. The summed E-state index contributed by atoms with van der Waals surface area (Å²) in [4.78, 5) is 23.7. The van der Waals surface area contributed by atoms with Gasteiger partial charge in [0.05, 0.1) is 16.9 Å². The summed E-state index contributed by atoms with van der Waals surface area (Å²) in [6, 6.07) is 17.8. The molecule has 2 aromatic carbocycles. The maximum absolute atomic E-state index is 13.2. The third-order valence-corrected chi connectivity index (χ3v) is 5.87. The highest BCUT2D eigenvalue weighted by Crippen LogP contribution is 2.34. The SMILES string of the molecule is O=C(NC1=NC=C(c2ccccc2)C1)N1CCCNc2ccc(-c3cccc(C(F)(F)F)c3)nc21. The first-order valence-corrected chi connectivity index (χ1v) is 11.2. The zero-order chi connectivity index (χ0) is 24.4. The van der Waals surface area contributed by atoms with Crippen molar-refractivity contribution in [2.75, 3.05) is 23.3 Å². The van der Waals surface area contributed by atoms with Crippen LogP contribution < -0.4 is 15.5 Å². The van der Waals surface area contributed by atoms with Crippen LogP contribution in [0.25, 0.3) is 16.8 Å². The predicted molar refractivity (Wildman–Crippen MR) is 130 cm³/mol. The van der Waals surface area contributed by atoms with E-state index in [2.05, 4.69) is 20.6 Å². The van der Waals surface area contributed by atoms with Crippen molar-refractivity contribution < 1.29 is 18.0 Å². The number of carbonyl (C=O) groups excluding carboxylic acids is 1. The molecule has 0 atom stereocenters. The van der Waals surface area contributed by atoms with Crippen LogP contribution in [0.3, 0.4) is 0 Å². The van der Waals surface area contributed by atoms with Gasteiger partial charge >= 0.3 is 12.2 Å². The third-order valence-electron chi connectivity index (χ3n) is 5.87. The van der Waals surface area contributed by atoms with E-state index in [1.54, 1.807) is 24.4 Å². The van der Waals surface area contributed by atoms with Gasteiger partial charge in [0.15, 0.2) is 5.82 Å². The Morgan fingerprint density at radius 2 is 1.80 bits per heavy atom. The fourth-order valence-electron chi connectivity index (χ4n) is 4.10. The average molecular weight is 477 g/mol. The molecule has 0 radical (unpaired) electrons. The Balaban J connectivity index is 1.38. The zero-order valence-electron chi connectivity index (χ0n) is 18.6. The number of benzene rings is 2. The number of pyridine rings is 1. The van der Waals surface area contributed by atoms with Crippen LogP contribution in [0, 0.1) is 0 Å². The Morgan fingerprint density at radius 3 is 2.60 bits per heavy atom. The second-order valence-corrected chi connectivity index (χ2v) is 8.28. The molecule has 0 fully saturated rings. The second kappa shape index (κ2) is 9.25. The number of amidine groups is 1. The van der Waals surface area contributed by atoms with Crippen molar-refractivity contribution in [3.05, 3.63) is 84.1 Å². The molecule has 3 heterocycles. The Hall–Kier alpha value is -4.14. The molecular formula is C26H22F3N5O. The average Bonchev–Trinajstić information content (AvgIpc) is 3.22. The fraction of sp³-hybridized carbons (Fsp3) is 0.192. The molecule has 1 aromatic heterocycles. The van der Waals surface area contributed by atoms with E-state index < -0.39 is 11.7 Å². The van der Waals surface area contributed by atoms with Crippen LogP contribution >= 0.6 is 0 Å². The van der Waals surface area contributed by atoms with Gasteiger partial charge in [-0.2, -0.15) is 13.2 Å². The van der Waals surface area contributed by atoms with Gasteiger partial charge in [-0.15, -0.1) is 0 Å². The van der Waals surface area contributed by atoms with Crippen LogP contribution in [0.2, 0.25) is 0 Å². The molecule has 0 aliphatic carbocycles. The summed E-state index contributed by atoms with van der Waals surface area (Å²) in [6.07, 6.45) is -1.54. The molecule has 2 aliphatic heterocycles. The number of rotatable bonds is 2. The van der Waals surface area contributed by atoms with Gasteiger partial charge in [0.1, 0.15) is 5.84 Å². The fourth-order valence-corrected chi connectivity index (χ4v) is 4.10. The van der Waals surface area contributed by atoms with Crippen LogP contribution in [-0.4, -0.2) is 29.9 Å². The molecule has 5 rings (SSSR count). The topological polar surface area (TPSA) is 69.6 Å². The molecule has 9 heteroatoms. The molecule has 0 saturated carbocycles. The van der Waals surface area contributed by atoms with Gasteiger partial charge in [-0.1, -0.05) is 42.5 Å². The van der Waals surface area contributed by atoms with E-state index in [1.165, 1.54) is 11.0 Å². The van der Waals surface area contributed by atoms with E-state index in [-0.39, 0.29) is 6.03 Å². The summed E-state index contributed by atoms with van der Waals surface area (Å²) < 4.78 is 39.6. The maximum Gasteiger partial charge on any atom is 0.416 e. The molecule has 35 heavy (non-hydrogen) atoms. The van der Waals surface area contributed by atoms with Gasteiger partial charge in [-0.3, -0.25) is 10.2 Å². The number of anilines is 2. The van der Waals surface area contributed by atoms with E-state index in [9.17, 15) is 18.0 Å². The van der Waals surface area contributed by atoms with Crippen molar-refractivity contribution in [3.63, 3.8) is 0 Å². The van der Waals surface area contributed by atoms with Crippen molar-refractivity contribution >= 4 is 28.9 Å². The molecule has 0 spiro atoms. The molecule has 0 unspecified atom stereocenters. The van der Waals surface area contributed by atoms with Crippen molar-refractivity contribution in [1.82, 2.24) is 10.3 Å². The number of amides is 2. The number of aromatic nitrogens is 1. The van der Waals surface area contributed by atoms with Crippen molar-refractivity contribution in [3.8, 4) is 11.3 Å². The van der Waals surface area contributed by atoms with Gasteiger partial charge in [0, 0.05) is 31.3 Å². The van der Waals surface area contributed by atoms with Crippen LogP contribution in [0.1, 0.15) is 24.0 Å². The highest BCUT2D eigenvalue weighted by molar-refractivity contribution is 6.09. The molecule has 0 bridgehead atoms. The Morgan fingerprint density at radius 1 is 1.00 bits per heavy atom. The Kier molecular flexibility index (Phi) is 5.98. The van der Waals surface area contributed by atoms with E-state index in [1.807, 2.05) is 30.3 Å². The number of aliphatic imine (C=N–C) groups is 1. The molecule has 0 saturated heterocycles. The Bertz CT molecular complexity index is 1320. The number of nitrogens with zero attached hydrogens (tertiary/aromatic N) is 3. The summed E-state index contributed by atoms with van der Waals surface area (Å²) in [5.74, 6) is 0.895. The first kappa shape index (κ1) is 22.6. The van der Waals surface area contributed by atoms with Crippen molar-refractivity contribution in [2.24, 2.45) is 4.99 Å². The van der Waals surface area contributed by atoms with Gasteiger partial charge in [-0.25, -0.2) is 14.8 Å². The molecule has 2 aliphatic rings. The molecule has 178 valence electrons. The lowest BCUT2D eigenvalue weighted by Crippen LogP contribution is -2.43. The number of urea groups is 1. The van der Waals surface area contributed by atoms with E-state index in [0.29, 0.717) is 54.5 Å². The molecule has 2 amide bonds. The van der Waals surface area contributed by atoms with Crippen LogP contribution in [0.5, 0.6) is 0 Å². The lowest BCUT2D eigenvalue weighted by Gasteiger charge is -2.22.